The lowest BCUT2D eigenvalue weighted by molar-refractivity contribution is 0.282. The normalized spacial score (nSPS) is 15.9. The monoisotopic (exact) mass is 338 g/mol. The first-order chi connectivity index (χ1) is 12.2. The second-order valence-electron chi connectivity index (χ2n) is 6.54. The third-order valence-electron chi connectivity index (χ3n) is 4.11. The van der Waals surface area contributed by atoms with Crippen LogP contribution in [0.2, 0.25) is 0 Å². The van der Waals surface area contributed by atoms with Crippen molar-refractivity contribution >= 4 is 17.8 Å². The smallest absolute Gasteiger partial charge is 0.247 e. The van der Waals surface area contributed by atoms with E-state index in [1.54, 1.807) is 6.20 Å². The van der Waals surface area contributed by atoms with Crippen LogP contribution in [-0.2, 0) is 0 Å². The lowest BCUT2D eigenvalue weighted by Crippen LogP contribution is -2.47. The molecule has 0 atom stereocenters. The van der Waals surface area contributed by atoms with Crippen LogP contribution in [0.1, 0.15) is 19.4 Å². The predicted molar refractivity (Wildman–Crippen MR) is 103 cm³/mol. The Kier molecular flexibility index (Phi) is 5.95. The molecule has 6 heteroatoms. The summed E-state index contributed by atoms with van der Waals surface area (Å²) in [6.45, 7) is 9.00. The average molecular weight is 338 g/mol. The van der Waals surface area contributed by atoms with Crippen molar-refractivity contribution in [2.45, 2.75) is 19.9 Å². The van der Waals surface area contributed by atoms with Crippen LogP contribution in [0.3, 0.4) is 0 Å². The molecule has 3 rings (SSSR count). The molecule has 0 saturated carbocycles. The van der Waals surface area contributed by atoms with E-state index in [0.717, 1.165) is 38.5 Å². The van der Waals surface area contributed by atoms with Crippen LogP contribution in [0.4, 0.5) is 11.8 Å². The first-order valence-electron chi connectivity index (χ1n) is 8.86. The van der Waals surface area contributed by atoms with Crippen LogP contribution in [0, 0.1) is 0 Å². The molecule has 132 valence electrons. The number of piperazine rings is 1. The van der Waals surface area contributed by atoms with Gasteiger partial charge in [-0.3, -0.25) is 4.90 Å². The number of anilines is 2. The molecule has 2 aromatic rings. The second-order valence-corrected chi connectivity index (χ2v) is 6.54. The molecule has 0 aliphatic carbocycles. The summed E-state index contributed by atoms with van der Waals surface area (Å²) in [6, 6.07) is 10.7. The number of nitrogens with one attached hydrogen (secondary N) is 1. The van der Waals surface area contributed by atoms with Crippen molar-refractivity contribution in [1.29, 1.82) is 0 Å². The topological polar surface area (TPSA) is 57.2 Å². The first kappa shape index (κ1) is 17.4. The van der Waals surface area contributed by atoms with E-state index in [2.05, 4.69) is 80.6 Å². The molecule has 1 aliphatic heterocycles. The summed E-state index contributed by atoms with van der Waals surface area (Å²) in [5, 5.41) is 11.5. The number of nitrogens with zero attached hydrogens (tertiary/aromatic N) is 5. The van der Waals surface area contributed by atoms with E-state index >= 15 is 0 Å². The van der Waals surface area contributed by atoms with Crippen LogP contribution in [-0.4, -0.2) is 58.8 Å². The Labute approximate surface area is 149 Å². The van der Waals surface area contributed by atoms with Gasteiger partial charge in [-0.15, -0.1) is 5.10 Å². The zero-order valence-electron chi connectivity index (χ0n) is 15.0. The number of hydrogen-bond donors (Lipinski definition) is 1. The fourth-order valence-electron chi connectivity index (χ4n) is 2.83. The summed E-state index contributed by atoms with van der Waals surface area (Å²) in [5.41, 5.74) is 1.25. The standard InChI is InChI=1S/C19H26N6/c1-16(2)21-18-15-20-23-19(22-18)25-13-11-24(12-14-25)10-6-9-17-7-4-3-5-8-17/h3-9,15-16H,10-14H2,1-2H3,(H,21,22,23)/b9-6+. The predicted octanol–water partition coefficient (Wildman–Crippen LogP) is 2.53. The molecule has 1 aromatic heterocycles. The van der Waals surface area contributed by atoms with Gasteiger partial charge in [0.05, 0.1) is 6.20 Å². The first-order valence-corrected chi connectivity index (χ1v) is 8.86. The van der Waals surface area contributed by atoms with Gasteiger partial charge >= 0.3 is 0 Å². The Morgan fingerprint density at radius 2 is 1.88 bits per heavy atom. The Bertz CT molecular complexity index is 677. The Hall–Kier alpha value is -2.47. The molecule has 0 radical (unpaired) electrons. The molecule has 1 aromatic carbocycles. The van der Waals surface area contributed by atoms with Gasteiger partial charge in [-0.2, -0.15) is 10.1 Å². The molecular weight excluding hydrogens is 312 g/mol. The van der Waals surface area contributed by atoms with Gasteiger partial charge in [-0.05, 0) is 19.4 Å². The fraction of sp³-hybridized carbons (Fsp3) is 0.421. The fourth-order valence-corrected chi connectivity index (χ4v) is 2.83. The highest BCUT2D eigenvalue weighted by molar-refractivity contribution is 5.48. The van der Waals surface area contributed by atoms with E-state index in [1.165, 1.54) is 5.56 Å². The lowest BCUT2D eigenvalue weighted by Gasteiger charge is -2.33. The van der Waals surface area contributed by atoms with Gasteiger partial charge in [-0.25, -0.2) is 0 Å². The van der Waals surface area contributed by atoms with E-state index < -0.39 is 0 Å². The van der Waals surface area contributed by atoms with Crippen molar-refractivity contribution in [3.63, 3.8) is 0 Å². The molecule has 0 bridgehead atoms. The van der Waals surface area contributed by atoms with Gasteiger partial charge in [0, 0.05) is 38.8 Å². The Morgan fingerprint density at radius 3 is 2.60 bits per heavy atom. The summed E-state index contributed by atoms with van der Waals surface area (Å²) in [6.07, 6.45) is 6.09. The molecule has 0 spiro atoms. The highest BCUT2D eigenvalue weighted by atomic mass is 15.4. The van der Waals surface area contributed by atoms with Crippen molar-refractivity contribution in [2.75, 3.05) is 42.9 Å². The highest BCUT2D eigenvalue weighted by Crippen LogP contribution is 2.13. The molecule has 2 heterocycles. The second kappa shape index (κ2) is 8.58. The van der Waals surface area contributed by atoms with E-state index in [1.807, 2.05) is 6.07 Å². The third kappa shape index (κ3) is 5.26. The van der Waals surface area contributed by atoms with Crippen LogP contribution in [0.25, 0.3) is 6.08 Å². The van der Waals surface area contributed by atoms with Gasteiger partial charge in [-0.1, -0.05) is 42.5 Å². The highest BCUT2D eigenvalue weighted by Gasteiger charge is 2.18. The zero-order valence-corrected chi connectivity index (χ0v) is 15.0. The minimum Gasteiger partial charge on any atom is -0.366 e. The minimum absolute atomic E-state index is 0.331. The quantitative estimate of drug-likeness (QED) is 0.873. The lowest BCUT2D eigenvalue weighted by atomic mass is 10.2. The van der Waals surface area contributed by atoms with E-state index in [0.29, 0.717) is 12.0 Å². The maximum absolute atomic E-state index is 4.57. The van der Waals surface area contributed by atoms with Crippen molar-refractivity contribution in [3.05, 3.63) is 48.2 Å². The Morgan fingerprint density at radius 1 is 1.12 bits per heavy atom. The van der Waals surface area contributed by atoms with Crippen molar-refractivity contribution in [3.8, 4) is 0 Å². The molecule has 1 aliphatic rings. The van der Waals surface area contributed by atoms with Crippen LogP contribution >= 0.6 is 0 Å². The summed E-state index contributed by atoms with van der Waals surface area (Å²) in [5.74, 6) is 1.50. The van der Waals surface area contributed by atoms with Crippen molar-refractivity contribution in [2.24, 2.45) is 0 Å². The maximum Gasteiger partial charge on any atom is 0.247 e. The van der Waals surface area contributed by atoms with Crippen molar-refractivity contribution in [1.82, 2.24) is 20.1 Å². The van der Waals surface area contributed by atoms with Gasteiger partial charge in [0.2, 0.25) is 5.95 Å². The largest absolute Gasteiger partial charge is 0.366 e. The van der Waals surface area contributed by atoms with E-state index in [-0.39, 0.29) is 0 Å². The van der Waals surface area contributed by atoms with Gasteiger partial charge < -0.3 is 10.2 Å². The SMILES string of the molecule is CC(C)Nc1cnnc(N2CCN(C/C=C/c3ccccc3)CC2)n1. The number of hydrogen-bond acceptors (Lipinski definition) is 6. The Balaban J connectivity index is 1.49. The van der Waals surface area contributed by atoms with Gasteiger partial charge in [0.15, 0.2) is 5.82 Å². The molecule has 25 heavy (non-hydrogen) atoms. The van der Waals surface area contributed by atoms with Gasteiger partial charge in [0.25, 0.3) is 0 Å². The van der Waals surface area contributed by atoms with Gasteiger partial charge in [0.1, 0.15) is 0 Å². The zero-order chi connectivity index (χ0) is 17.5. The average Bonchev–Trinajstić information content (AvgIpc) is 2.63. The molecular formula is C19H26N6. The molecule has 0 unspecified atom stereocenters. The number of rotatable bonds is 6. The molecule has 1 N–H and O–H groups in total. The van der Waals surface area contributed by atoms with Crippen LogP contribution < -0.4 is 10.2 Å². The third-order valence-corrected chi connectivity index (χ3v) is 4.11. The molecule has 1 fully saturated rings. The molecule has 6 nitrogen and oxygen atoms in total. The summed E-state index contributed by atoms with van der Waals surface area (Å²) >= 11 is 0. The van der Waals surface area contributed by atoms with Crippen LogP contribution in [0.5, 0.6) is 0 Å². The summed E-state index contributed by atoms with van der Waals surface area (Å²) in [7, 11) is 0. The maximum atomic E-state index is 4.57. The molecule has 1 saturated heterocycles. The van der Waals surface area contributed by atoms with Crippen LogP contribution in [0.15, 0.2) is 42.6 Å². The van der Waals surface area contributed by atoms with E-state index in [9.17, 15) is 0 Å². The minimum atomic E-state index is 0.331. The molecule has 0 amide bonds. The van der Waals surface area contributed by atoms with E-state index in [4.69, 9.17) is 0 Å². The summed E-state index contributed by atoms with van der Waals surface area (Å²) in [4.78, 5) is 9.22. The summed E-state index contributed by atoms with van der Waals surface area (Å²) < 4.78 is 0. The van der Waals surface area contributed by atoms with Crippen molar-refractivity contribution < 1.29 is 0 Å². The number of benzene rings is 1. The number of aromatic nitrogens is 3.